The first-order valence-corrected chi connectivity index (χ1v) is 5.83. The lowest BCUT2D eigenvalue weighted by molar-refractivity contribution is -0.121. The van der Waals surface area contributed by atoms with Crippen molar-refractivity contribution in [2.45, 2.75) is 31.2 Å². The Kier molecular flexibility index (Phi) is 3.25. The summed E-state index contributed by atoms with van der Waals surface area (Å²) in [5.74, 6) is -0.0641. The van der Waals surface area contributed by atoms with Gasteiger partial charge >= 0.3 is 0 Å². The van der Waals surface area contributed by atoms with E-state index in [1.54, 1.807) is 0 Å². The molecule has 2 rings (SSSR count). The maximum atomic E-state index is 11.5. The second-order valence-electron chi connectivity index (χ2n) is 4.41. The number of hydrogen-bond acceptors (Lipinski definition) is 2. The number of rotatable bonds is 3. The summed E-state index contributed by atoms with van der Waals surface area (Å²) in [6.07, 6.45) is 4.37. The highest BCUT2D eigenvalue weighted by atomic mass is 16.2. The van der Waals surface area contributed by atoms with Gasteiger partial charge in [0.15, 0.2) is 0 Å². The Labute approximate surface area is 96.0 Å². The van der Waals surface area contributed by atoms with Crippen LogP contribution in [0.2, 0.25) is 0 Å². The van der Waals surface area contributed by atoms with Crippen molar-refractivity contribution >= 4 is 5.91 Å². The van der Waals surface area contributed by atoms with Crippen LogP contribution < -0.4 is 11.1 Å². The molecule has 1 aliphatic carbocycles. The van der Waals surface area contributed by atoms with Crippen molar-refractivity contribution < 1.29 is 4.79 Å². The molecule has 1 amide bonds. The molecular weight excluding hydrogens is 200 g/mol. The highest BCUT2D eigenvalue weighted by molar-refractivity contribution is 5.78. The quantitative estimate of drug-likeness (QED) is 0.808. The van der Waals surface area contributed by atoms with Crippen molar-refractivity contribution in [1.82, 2.24) is 5.32 Å². The Bertz CT molecular complexity index is 355. The van der Waals surface area contributed by atoms with Gasteiger partial charge in [0.2, 0.25) is 5.91 Å². The van der Waals surface area contributed by atoms with Crippen LogP contribution in [-0.2, 0) is 10.3 Å². The molecule has 3 nitrogen and oxygen atoms in total. The summed E-state index contributed by atoms with van der Waals surface area (Å²) >= 11 is 0. The van der Waals surface area contributed by atoms with Crippen molar-refractivity contribution in [3.63, 3.8) is 0 Å². The van der Waals surface area contributed by atoms with Gasteiger partial charge in [0, 0.05) is 0 Å². The standard InChI is InChI=1S/C13H18N2O/c14-10-12(16)15-13(8-4-5-9-13)11-6-2-1-3-7-11/h1-3,6-7H,4-5,8-10,14H2,(H,15,16). The molecule has 0 saturated heterocycles. The molecule has 3 N–H and O–H groups in total. The molecule has 1 aromatic rings. The fourth-order valence-electron chi connectivity index (χ4n) is 2.54. The first kappa shape index (κ1) is 11.1. The number of amides is 1. The van der Waals surface area contributed by atoms with E-state index in [-0.39, 0.29) is 18.0 Å². The molecule has 0 unspecified atom stereocenters. The van der Waals surface area contributed by atoms with Gasteiger partial charge in [-0.1, -0.05) is 43.2 Å². The zero-order valence-electron chi connectivity index (χ0n) is 9.41. The van der Waals surface area contributed by atoms with Gasteiger partial charge in [0.05, 0.1) is 12.1 Å². The molecule has 0 bridgehead atoms. The zero-order valence-corrected chi connectivity index (χ0v) is 9.41. The molecule has 1 aromatic carbocycles. The lowest BCUT2D eigenvalue weighted by Crippen LogP contribution is -2.46. The van der Waals surface area contributed by atoms with Crippen molar-refractivity contribution in [3.05, 3.63) is 35.9 Å². The third kappa shape index (κ3) is 2.09. The molecule has 0 spiro atoms. The Morgan fingerprint density at radius 2 is 1.88 bits per heavy atom. The van der Waals surface area contributed by atoms with Gasteiger partial charge in [-0.3, -0.25) is 4.79 Å². The summed E-state index contributed by atoms with van der Waals surface area (Å²) in [7, 11) is 0. The molecule has 1 aliphatic rings. The fraction of sp³-hybridized carbons (Fsp3) is 0.462. The number of hydrogen-bond donors (Lipinski definition) is 2. The van der Waals surface area contributed by atoms with Gasteiger partial charge in [-0.05, 0) is 18.4 Å². The predicted molar refractivity (Wildman–Crippen MR) is 63.8 cm³/mol. The topological polar surface area (TPSA) is 55.1 Å². The highest BCUT2D eigenvalue weighted by Crippen LogP contribution is 2.38. The summed E-state index contributed by atoms with van der Waals surface area (Å²) in [4.78, 5) is 11.5. The van der Waals surface area contributed by atoms with Crippen molar-refractivity contribution in [3.8, 4) is 0 Å². The first-order chi connectivity index (χ1) is 7.77. The SMILES string of the molecule is NCC(=O)NC1(c2ccccc2)CCCC1. The maximum Gasteiger partial charge on any atom is 0.234 e. The molecule has 1 fully saturated rings. The Balaban J connectivity index is 2.25. The molecule has 0 heterocycles. The van der Waals surface area contributed by atoms with Gasteiger partial charge in [-0.15, -0.1) is 0 Å². The van der Waals surface area contributed by atoms with Crippen molar-refractivity contribution in [2.24, 2.45) is 5.73 Å². The minimum absolute atomic E-state index is 0.0641. The second kappa shape index (κ2) is 4.66. The Morgan fingerprint density at radius 1 is 1.25 bits per heavy atom. The maximum absolute atomic E-state index is 11.5. The molecule has 3 heteroatoms. The van der Waals surface area contributed by atoms with Crippen LogP contribution in [0.5, 0.6) is 0 Å². The molecule has 16 heavy (non-hydrogen) atoms. The van der Waals surface area contributed by atoms with Crippen LogP contribution in [0.1, 0.15) is 31.2 Å². The van der Waals surface area contributed by atoms with Crippen LogP contribution in [0.3, 0.4) is 0 Å². The van der Waals surface area contributed by atoms with E-state index < -0.39 is 0 Å². The zero-order chi connectivity index (χ0) is 11.4. The molecule has 0 radical (unpaired) electrons. The smallest absolute Gasteiger partial charge is 0.234 e. The Hall–Kier alpha value is -1.35. The monoisotopic (exact) mass is 218 g/mol. The molecule has 0 aromatic heterocycles. The van der Waals surface area contributed by atoms with Gasteiger partial charge in [-0.25, -0.2) is 0 Å². The summed E-state index contributed by atoms with van der Waals surface area (Å²) in [5.41, 5.74) is 6.41. The fourth-order valence-corrected chi connectivity index (χ4v) is 2.54. The van der Waals surface area contributed by atoms with Gasteiger partial charge < -0.3 is 11.1 Å². The molecule has 1 saturated carbocycles. The van der Waals surface area contributed by atoms with E-state index in [0.29, 0.717) is 0 Å². The van der Waals surface area contributed by atoms with E-state index in [9.17, 15) is 4.79 Å². The molecule has 86 valence electrons. The van der Waals surface area contributed by atoms with E-state index in [2.05, 4.69) is 17.4 Å². The van der Waals surface area contributed by atoms with Crippen LogP contribution in [0.25, 0.3) is 0 Å². The van der Waals surface area contributed by atoms with Crippen LogP contribution in [0.4, 0.5) is 0 Å². The largest absolute Gasteiger partial charge is 0.345 e. The van der Waals surface area contributed by atoms with E-state index in [1.165, 1.54) is 18.4 Å². The summed E-state index contributed by atoms with van der Waals surface area (Å²) in [6, 6.07) is 10.2. The number of benzene rings is 1. The average Bonchev–Trinajstić information content (AvgIpc) is 2.80. The van der Waals surface area contributed by atoms with Gasteiger partial charge in [0.1, 0.15) is 0 Å². The number of nitrogens with two attached hydrogens (primary N) is 1. The number of carbonyl (C=O) groups is 1. The second-order valence-corrected chi connectivity index (χ2v) is 4.41. The van der Waals surface area contributed by atoms with E-state index in [0.717, 1.165) is 12.8 Å². The van der Waals surface area contributed by atoms with Crippen molar-refractivity contribution in [1.29, 1.82) is 0 Å². The Morgan fingerprint density at radius 3 is 2.44 bits per heavy atom. The first-order valence-electron chi connectivity index (χ1n) is 5.83. The highest BCUT2D eigenvalue weighted by Gasteiger charge is 2.36. The minimum Gasteiger partial charge on any atom is -0.345 e. The number of nitrogens with one attached hydrogen (secondary N) is 1. The van der Waals surface area contributed by atoms with Gasteiger partial charge in [0.25, 0.3) is 0 Å². The molecular formula is C13H18N2O. The van der Waals surface area contributed by atoms with Crippen LogP contribution in [0, 0.1) is 0 Å². The summed E-state index contributed by atoms with van der Waals surface area (Å²) in [5, 5.41) is 3.09. The lowest BCUT2D eigenvalue weighted by Gasteiger charge is -2.30. The normalized spacial score (nSPS) is 18.3. The number of carbonyl (C=O) groups excluding carboxylic acids is 1. The summed E-state index contributed by atoms with van der Waals surface area (Å²) in [6.45, 7) is 0.0641. The molecule has 0 atom stereocenters. The average molecular weight is 218 g/mol. The third-order valence-corrected chi connectivity index (χ3v) is 3.35. The van der Waals surface area contributed by atoms with Crippen LogP contribution in [-0.4, -0.2) is 12.5 Å². The van der Waals surface area contributed by atoms with Crippen LogP contribution >= 0.6 is 0 Å². The van der Waals surface area contributed by atoms with Crippen LogP contribution in [0.15, 0.2) is 30.3 Å². The van der Waals surface area contributed by atoms with E-state index in [4.69, 9.17) is 5.73 Å². The summed E-state index contributed by atoms with van der Waals surface area (Å²) < 4.78 is 0. The van der Waals surface area contributed by atoms with Gasteiger partial charge in [-0.2, -0.15) is 0 Å². The lowest BCUT2D eigenvalue weighted by atomic mass is 9.88. The molecule has 0 aliphatic heterocycles. The predicted octanol–water partition coefficient (Wildman–Crippen LogP) is 1.53. The van der Waals surface area contributed by atoms with E-state index in [1.807, 2.05) is 18.2 Å². The third-order valence-electron chi connectivity index (χ3n) is 3.35. The van der Waals surface area contributed by atoms with E-state index >= 15 is 0 Å². The minimum atomic E-state index is -0.169. The van der Waals surface area contributed by atoms with Crippen molar-refractivity contribution in [2.75, 3.05) is 6.54 Å².